The summed E-state index contributed by atoms with van der Waals surface area (Å²) in [6, 6.07) is -0.283. The molecule has 0 spiro atoms. The van der Waals surface area contributed by atoms with Crippen molar-refractivity contribution in [1.29, 1.82) is 0 Å². The van der Waals surface area contributed by atoms with E-state index in [1.807, 2.05) is 6.92 Å². The Morgan fingerprint density at radius 1 is 1.61 bits per heavy atom. The number of carboxylic acids is 1. The highest BCUT2D eigenvalue weighted by atomic mass is 16.4. The molecule has 96 valence electrons. The molecule has 0 saturated heterocycles. The third-order valence-corrected chi connectivity index (χ3v) is 2.51. The van der Waals surface area contributed by atoms with Crippen LogP contribution in [0.25, 0.3) is 11.5 Å². The molecule has 0 fully saturated rings. The molecule has 0 saturated carbocycles. The molecule has 0 aromatic carbocycles. The Morgan fingerprint density at radius 3 is 3.06 bits per heavy atom. The van der Waals surface area contributed by atoms with Crippen molar-refractivity contribution in [3.63, 3.8) is 0 Å². The molecular weight excluding hydrogens is 238 g/mol. The lowest BCUT2D eigenvalue weighted by Crippen LogP contribution is -2.16. The second-order valence-corrected chi connectivity index (χ2v) is 3.84. The zero-order valence-corrected chi connectivity index (χ0v) is 9.81. The summed E-state index contributed by atoms with van der Waals surface area (Å²) in [6.07, 6.45) is 2.99. The van der Waals surface area contributed by atoms with Crippen molar-refractivity contribution in [2.45, 2.75) is 32.2 Å². The van der Waals surface area contributed by atoms with E-state index in [4.69, 9.17) is 5.11 Å². The summed E-state index contributed by atoms with van der Waals surface area (Å²) >= 11 is 0. The van der Waals surface area contributed by atoms with Crippen LogP contribution < -0.4 is 0 Å². The zero-order chi connectivity index (χ0) is 13.0. The van der Waals surface area contributed by atoms with E-state index in [-0.39, 0.29) is 12.5 Å². The number of hydrogen-bond acceptors (Lipinski definition) is 6. The second kappa shape index (κ2) is 5.34. The van der Waals surface area contributed by atoms with Gasteiger partial charge in [-0.3, -0.25) is 4.79 Å². The fourth-order valence-electron chi connectivity index (χ4n) is 1.76. The van der Waals surface area contributed by atoms with Gasteiger partial charge in [0.2, 0.25) is 5.82 Å². The number of carboxylic acid groups (broad SMARTS) is 1. The molecule has 2 N–H and O–H groups in total. The molecular formula is C9H13N7O2. The third-order valence-electron chi connectivity index (χ3n) is 2.51. The number of H-pyrrole nitrogens is 1. The quantitative estimate of drug-likeness (QED) is 0.755. The monoisotopic (exact) mass is 251 g/mol. The number of nitrogens with zero attached hydrogens (tertiary/aromatic N) is 6. The first-order valence-electron chi connectivity index (χ1n) is 5.58. The van der Waals surface area contributed by atoms with E-state index in [1.54, 1.807) is 0 Å². The lowest BCUT2D eigenvalue weighted by atomic mass is 10.1. The smallest absolute Gasteiger partial charge is 0.305 e. The van der Waals surface area contributed by atoms with Gasteiger partial charge in [0.15, 0.2) is 5.69 Å². The van der Waals surface area contributed by atoms with Crippen LogP contribution in [0.2, 0.25) is 0 Å². The summed E-state index contributed by atoms with van der Waals surface area (Å²) in [6.45, 7) is 1.98. The summed E-state index contributed by atoms with van der Waals surface area (Å²) in [7, 11) is 0. The summed E-state index contributed by atoms with van der Waals surface area (Å²) in [5.74, 6) is -0.460. The molecule has 0 bridgehead atoms. The molecule has 2 rings (SSSR count). The molecule has 9 heteroatoms. The van der Waals surface area contributed by atoms with Gasteiger partial charge in [-0.15, -0.1) is 5.10 Å². The molecule has 0 radical (unpaired) electrons. The Hall–Kier alpha value is -2.32. The molecule has 18 heavy (non-hydrogen) atoms. The van der Waals surface area contributed by atoms with Crippen molar-refractivity contribution < 1.29 is 9.90 Å². The average molecular weight is 251 g/mol. The van der Waals surface area contributed by atoms with Crippen molar-refractivity contribution >= 4 is 5.97 Å². The second-order valence-electron chi connectivity index (χ2n) is 3.84. The van der Waals surface area contributed by atoms with Gasteiger partial charge in [0, 0.05) is 0 Å². The number of nitrogens with one attached hydrogen (secondary N) is 1. The first kappa shape index (κ1) is 12.1. The van der Waals surface area contributed by atoms with E-state index in [1.165, 1.54) is 10.9 Å². The van der Waals surface area contributed by atoms with Crippen LogP contribution >= 0.6 is 0 Å². The minimum absolute atomic E-state index is 0.0241. The Labute approximate surface area is 102 Å². The average Bonchev–Trinajstić information content (AvgIpc) is 2.98. The zero-order valence-electron chi connectivity index (χ0n) is 9.81. The van der Waals surface area contributed by atoms with Crippen LogP contribution in [0.3, 0.4) is 0 Å². The number of tetrazole rings is 1. The molecule has 0 amide bonds. The highest BCUT2D eigenvalue weighted by molar-refractivity contribution is 5.67. The molecule has 2 heterocycles. The van der Waals surface area contributed by atoms with E-state index in [0.29, 0.717) is 17.9 Å². The summed E-state index contributed by atoms with van der Waals surface area (Å²) in [5.41, 5.74) is 0.492. The number of aromatic nitrogens is 7. The van der Waals surface area contributed by atoms with Crippen LogP contribution in [0, 0.1) is 0 Å². The maximum Gasteiger partial charge on any atom is 0.305 e. The minimum atomic E-state index is -0.880. The SMILES string of the molecule is CCCC(CC(=O)O)n1nnnc1-c1cn[nH]n1. The normalized spacial score (nSPS) is 12.5. The van der Waals surface area contributed by atoms with Gasteiger partial charge in [-0.05, 0) is 16.8 Å². The molecule has 0 aliphatic heterocycles. The van der Waals surface area contributed by atoms with Crippen LogP contribution in [-0.2, 0) is 4.79 Å². The molecule has 1 unspecified atom stereocenters. The number of rotatable bonds is 6. The summed E-state index contributed by atoms with van der Waals surface area (Å²) in [5, 5.41) is 30.3. The predicted octanol–water partition coefficient (Wildman–Crippen LogP) is 0.274. The van der Waals surface area contributed by atoms with Gasteiger partial charge >= 0.3 is 5.97 Å². The molecule has 0 aliphatic carbocycles. The van der Waals surface area contributed by atoms with Gasteiger partial charge in [0.1, 0.15) is 0 Å². The van der Waals surface area contributed by atoms with Crippen LogP contribution in [0.1, 0.15) is 32.2 Å². The Balaban J connectivity index is 2.30. The maximum atomic E-state index is 10.9. The maximum absolute atomic E-state index is 10.9. The minimum Gasteiger partial charge on any atom is -0.481 e. The van der Waals surface area contributed by atoms with Crippen LogP contribution in [-0.4, -0.2) is 46.7 Å². The van der Waals surface area contributed by atoms with Crippen molar-refractivity contribution in [3.05, 3.63) is 6.20 Å². The van der Waals surface area contributed by atoms with E-state index in [2.05, 4.69) is 30.9 Å². The van der Waals surface area contributed by atoms with E-state index < -0.39 is 5.97 Å². The van der Waals surface area contributed by atoms with Crippen LogP contribution in [0.15, 0.2) is 6.20 Å². The van der Waals surface area contributed by atoms with Crippen LogP contribution in [0.4, 0.5) is 0 Å². The van der Waals surface area contributed by atoms with E-state index in [9.17, 15) is 4.79 Å². The van der Waals surface area contributed by atoms with Gasteiger partial charge in [0.25, 0.3) is 0 Å². The topological polar surface area (TPSA) is 122 Å². The first-order valence-corrected chi connectivity index (χ1v) is 5.58. The van der Waals surface area contributed by atoms with E-state index >= 15 is 0 Å². The lowest BCUT2D eigenvalue weighted by molar-refractivity contribution is -0.138. The van der Waals surface area contributed by atoms with Gasteiger partial charge in [-0.2, -0.15) is 15.4 Å². The standard InChI is InChI=1S/C9H13N7O2/c1-2-3-6(4-8(17)18)16-9(12-14-15-16)7-5-10-13-11-7/h5-6H,2-4H2,1H3,(H,17,18)(H,10,11,13). The highest BCUT2D eigenvalue weighted by Gasteiger charge is 2.21. The Kier molecular flexibility index (Phi) is 3.60. The van der Waals surface area contributed by atoms with Gasteiger partial charge < -0.3 is 5.11 Å². The Bertz CT molecular complexity index is 507. The molecule has 0 aliphatic rings. The molecule has 9 nitrogen and oxygen atoms in total. The number of hydrogen-bond donors (Lipinski definition) is 2. The van der Waals surface area contributed by atoms with Crippen LogP contribution in [0.5, 0.6) is 0 Å². The molecule has 2 aromatic heterocycles. The van der Waals surface area contributed by atoms with Crippen molar-refractivity contribution in [2.24, 2.45) is 0 Å². The predicted molar refractivity (Wildman–Crippen MR) is 59.4 cm³/mol. The van der Waals surface area contributed by atoms with Gasteiger partial charge in [-0.1, -0.05) is 13.3 Å². The summed E-state index contributed by atoms with van der Waals surface area (Å²) < 4.78 is 1.50. The number of aromatic amines is 1. The third kappa shape index (κ3) is 2.50. The fraction of sp³-hybridized carbons (Fsp3) is 0.556. The van der Waals surface area contributed by atoms with Crippen molar-refractivity contribution in [1.82, 2.24) is 35.6 Å². The largest absolute Gasteiger partial charge is 0.481 e. The Morgan fingerprint density at radius 2 is 2.44 bits per heavy atom. The summed E-state index contributed by atoms with van der Waals surface area (Å²) in [4.78, 5) is 10.9. The first-order chi connectivity index (χ1) is 8.72. The fourth-order valence-corrected chi connectivity index (χ4v) is 1.76. The van der Waals surface area contributed by atoms with Crippen molar-refractivity contribution in [3.8, 4) is 11.5 Å². The highest BCUT2D eigenvalue weighted by Crippen LogP contribution is 2.22. The number of aliphatic carboxylic acids is 1. The van der Waals surface area contributed by atoms with Crippen molar-refractivity contribution in [2.75, 3.05) is 0 Å². The molecule has 2 aromatic rings. The van der Waals surface area contributed by atoms with Gasteiger partial charge in [-0.25, -0.2) is 4.68 Å². The number of carbonyl (C=O) groups is 1. The van der Waals surface area contributed by atoms with E-state index in [0.717, 1.165) is 6.42 Å². The molecule has 1 atom stereocenters. The van der Waals surface area contributed by atoms with Gasteiger partial charge in [0.05, 0.1) is 18.7 Å². The lowest BCUT2D eigenvalue weighted by Gasteiger charge is -2.14.